The lowest BCUT2D eigenvalue weighted by atomic mass is 10.1. The second kappa shape index (κ2) is 9.93. The van der Waals surface area contributed by atoms with E-state index in [1.54, 1.807) is 18.3 Å². The Labute approximate surface area is 173 Å². The summed E-state index contributed by atoms with van der Waals surface area (Å²) < 4.78 is 5.87. The first-order valence-electron chi connectivity index (χ1n) is 8.63. The van der Waals surface area contributed by atoms with Crippen LogP contribution in [0, 0.1) is 0 Å². The molecule has 0 heterocycles. The Bertz CT molecular complexity index is 975. The Morgan fingerprint density at radius 3 is 2.54 bits per heavy atom. The number of hydrazone groups is 1. The van der Waals surface area contributed by atoms with Crippen molar-refractivity contribution in [3.8, 4) is 5.75 Å². The van der Waals surface area contributed by atoms with Crippen LogP contribution in [-0.4, -0.2) is 12.1 Å². The molecule has 0 unspecified atom stereocenters. The maximum absolute atomic E-state index is 12.0. The quantitative estimate of drug-likeness (QED) is 0.424. The first-order chi connectivity index (χ1) is 13.6. The molecule has 28 heavy (non-hydrogen) atoms. The molecule has 0 radical (unpaired) electrons. The van der Waals surface area contributed by atoms with Crippen LogP contribution in [0.1, 0.15) is 16.7 Å². The third kappa shape index (κ3) is 5.84. The second-order valence-electron chi connectivity index (χ2n) is 6.02. The number of carbonyl (C=O) groups excluding carboxylic acids is 1. The van der Waals surface area contributed by atoms with Crippen LogP contribution in [0.3, 0.4) is 0 Å². The normalized spacial score (nSPS) is 10.8. The van der Waals surface area contributed by atoms with E-state index in [0.29, 0.717) is 22.4 Å². The number of nitrogens with zero attached hydrogens (tertiary/aromatic N) is 1. The van der Waals surface area contributed by atoms with Crippen molar-refractivity contribution in [2.24, 2.45) is 5.10 Å². The van der Waals surface area contributed by atoms with Crippen molar-refractivity contribution in [1.82, 2.24) is 5.43 Å². The van der Waals surface area contributed by atoms with Gasteiger partial charge in [0.15, 0.2) is 0 Å². The first-order valence-corrected chi connectivity index (χ1v) is 9.39. The van der Waals surface area contributed by atoms with Crippen LogP contribution in [0.25, 0.3) is 0 Å². The SMILES string of the molecule is O=C(Cc1ccccc1)N/N=C\c1ccccc1OCc1ccc(Cl)cc1Cl. The maximum atomic E-state index is 12.0. The van der Waals surface area contributed by atoms with Gasteiger partial charge in [0.1, 0.15) is 12.4 Å². The first kappa shape index (κ1) is 19.9. The van der Waals surface area contributed by atoms with E-state index in [1.165, 1.54) is 0 Å². The molecule has 4 nitrogen and oxygen atoms in total. The zero-order valence-electron chi connectivity index (χ0n) is 14.9. The molecule has 1 amide bonds. The highest BCUT2D eigenvalue weighted by Crippen LogP contribution is 2.23. The van der Waals surface area contributed by atoms with Gasteiger partial charge in [0, 0.05) is 21.2 Å². The molecule has 0 saturated heterocycles. The molecule has 0 fully saturated rings. The molecular weight excluding hydrogens is 395 g/mol. The standard InChI is InChI=1S/C22H18Cl2N2O2/c23-19-11-10-18(20(24)13-19)15-28-21-9-5-4-8-17(21)14-25-26-22(27)12-16-6-2-1-3-7-16/h1-11,13-14H,12,15H2,(H,26,27)/b25-14-. The van der Waals surface area contributed by atoms with Crippen molar-refractivity contribution >= 4 is 35.3 Å². The highest BCUT2D eigenvalue weighted by Gasteiger charge is 2.06. The number of rotatable bonds is 7. The van der Waals surface area contributed by atoms with E-state index >= 15 is 0 Å². The lowest BCUT2D eigenvalue weighted by molar-refractivity contribution is -0.120. The maximum Gasteiger partial charge on any atom is 0.244 e. The molecule has 3 rings (SSSR count). The molecule has 0 aliphatic carbocycles. The van der Waals surface area contributed by atoms with E-state index < -0.39 is 0 Å². The zero-order valence-corrected chi connectivity index (χ0v) is 16.5. The van der Waals surface area contributed by atoms with E-state index in [4.69, 9.17) is 27.9 Å². The van der Waals surface area contributed by atoms with Crippen LogP contribution in [0.4, 0.5) is 0 Å². The van der Waals surface area contributed by atoms with Crippen LogP contribution < -0.4 is 10.2 Å². The fraction of sp³-hybridized carbons (Fsp3) is 0.0909. The summed E-state index contributed by atoms with van der Waals surface area (Å²) in [5.41, 5.74) is 5.04. The van der Waals surface area contributed by atoms with Crippen LogP contribution in [0.15, 0.2) is 77.9 Å². The lowest BCUT2D eigenvalue weighted by Gasteiger charge is -2.10. The van der Waals surface area contributed by atoms with E-state index in [-0.39, 0.29) is 12.3 Å². The molecule has 0 aliphatic heterocycles. The van der Waals surface area contributed by atoms with Crippen LogP contribution in [0.2, 0.25) is 10.0 Å². The zero-order chi connectivity index (χ0) is 19.8. The molecule has 0 atom stereocenters. The van der Waals surface area contributed by atoms with E-state index in [0.717, 1.165) is 16.7 Å². The molecular formula is C22H18Cl2N2O2. The van der Waals surface area contributed by atoms with Gasteiger partial charge >= 0.3 is 0 Å². The van der Waals surface area contributed by atoms with Gasteiger partial charge in [0.25, 0.3) is 0 Å². The minimum absolute atomic E-state index is 0.186. The number of halogens is 2. The Morgan fingerprint density at radius 2 is 1.75 bits per heavy atom. The molecule has 0 aromatic heterocycles. The molecule has 0 saturated carbocycles. The lowest BCUT2D eigenvalue weighted by Crippen LogP contribution is -2.19. The average Bonchev–Trinajstić information content (AvgIpc) is 2.69. The monoisotopic (exact) mass is 412 g/mol. The number of hydrogen-bond acceptors (Lipinski definition) is 3. The summed E-state index contributed by atoms with van der Waals surface area (Å²) in [4.78, 5) is 12.0. The summed E-state index contributed by atoms with van der Waals surface area (Å²) in [6, 6.07) is 22.2. The molecule has 0 spiro atoms. The van der Waals surface area contributed by atoms with Crippen molar-refractivity contribution < 1.29 is 9.53 Å². The van der Waals surface area contributed by atoms with Gasteiger partial charge in [-0.15, -0.1) is 0 Å². The average molecular weight is 413 g/mol. The largest absolute Gasteiger partial charge is 0.488 e. The molecule has 3 aromatic carbocycles. The number of benzene rings is 3. The van der Waals surface area contributed by atoms with E-state index in [2.05, 4.69) is 10.5 Å². The summed E-state index contributed by atoms with van der Waals surface area (Å²) in [7, 11) is 0. The van der Waals surface area contributed by atoms with Crippen molar-refractivity contribution in [3.63, 3.8) is 0 Å². The smallest absolute Gasteiger partial charge is 0.244 e. The van der Waals surface area contributed by atoms with E-state index in [1.807, 2.05) is 60.7 Å². The van der Waals surface area contributed by atoms with Crippen molar-refractivity contribution in [3.05, 3.63) is 99.5 Å². The minimum atomic E-state index is -0.186. The van der Waals surface area contributed by atoms with Crippen molar-refractivity contribution in [2.45, 2.75) is 13.0 Å². The third-order valence-electron chi connectivity index (χ3n) is 3.92. The second-order valence-corrected chi connectivity index (χ2v) is 6.86. The molecule has 6 heteroatoms. The van der Waals surface area contributed by atoms with Crippen LogP contribution in [0.5, 0.6) is 5.75 Å². The van der Waals surface area contributed by atoms with Gasteiger partial charge in [-0.25, -0.2) is 5.43 Å². The van der Waals surface area contributed by atoms with Gasteiger partial charge in [-0.1, -0.05) is 71.7 Å². The Balaban J connectivity index is 1.60. The third-order valence-corrected chi connectivity index (χ3v) is 4.50. The summed E-state index contributed by atoms with van der Waals surface area (Å²) in [6.07, 6.45) is 1.83. The van der Waals surface area contributed by atoms with Gasteiger partial charge in [-0.2, -0.15) is 5.10 Å². The summed E-state index contributed by atoms with van der Waals surface area (Å²) in [5, 5.41) is 5.16. The number of hydrogen-bond donors (Lipinski definition) is 1. The van der Waals surface area contributed by atoms with Crippen LogP contribution in [-0.2, 0) is 17.8 Å². The van der Waals surface area contributed by atoms with Gasteiger partial charge < -0.3 is 4.74 Å². The Morgan fingerprint density at radius 1 is 1.00 bits per heavy atom. The molecule has 3 aromatic rings. The Hall–Kier alpha value is -2.82. The number of ether oxygens (including phenoxy) is 1. The van der Waals surface area contributed by atoms with Gasteiger partial charge in [-0.3, -0.25) is 4.79 Å². The predicted molar refractivity (Wildman–Crippen MR) is 113 cm³/mol. The van der Waals surface area contributed by atoms with Crippen LogP contribution >= 0.6 is 23.2 Å². The van der Waals surface area contributed by atoms with Crippen molar-refractivity contribution in [2.75, 3.05) is 0 Å². The summed E-state index contributed by atoms with van der Waals surface area (Å²) >= 11 is 12.1. The summed E-state index contributed by atoms with van der Waals surface area (Å²) in [5.74, 6) is 0.448. The molecule has 0 bridgehead atoms. The number of amides is 1. The van der Waals surface area contributed by atoms with E-state index in [9.17, 15) is 4.79 Å². The fourth-order valence-corrected chi connectivity index (χ4v) is 2.97. The van der Waals surface area contributed by atoms with Gasteiger partial charge in [-0.05, 0) is 29.8 Å². The Kier molecular flexibility index (Phi) is 7.06. The topological polar surface area (TPSA) is 50.7 Å². The van der Waals surface area contributed by atoms with Gasteiger partial charge in [0.2, 0.25) is 5.91 Å². The summed E-state index contributed by atoms with van der Waals surface area (Å²) in [6.45, 7) is 0.293. The minimum Gasteiger partial charge on any atom is -0.488 e. The molecule has 0 aliphatic rings. The highest BCUT2D eigenvalue weighted by molar-refractivity contribution is 6.35. The molecule has 142 valence electrons. The predicted octanol–water partition coefficient (Wildman–Crippen LogP) is 5.27. The number of nitrogens with one attached hydrogen (secondary N) is 1. The van der Waals surface area contributed by atoms with Gasteiger partial charge in [0.05, 0.1) is 12.6 Å². The molecule has 1 N–H and O–H groups in total. The highest BCUT2D eigenvalue weighted by atomic mass is 35.5. The van der Waals surface area contributed by atoms with Crippen molar-refractivity contribution in [1.29, 1.82) is 0 Å². The number of carbonyl (C=O) groups is 1. The fourth-order valence-electron chi connectivity index (χ4n) is 2.51. The number of para-hydroxylation sites is 1.